The van der Waals surface area contributed by atoms with E-state index in [1.54, 1.807) is 14.2 Å². The molecule has 2 aromatic carbocycles. The van der Waals surface area contributed by atoms with Crippen molar-refractivity contribution in [1.29, 1.82) is 0 Å². The summed E-state index contributed by atoms with van der Waals surface area (Å²) in [6.45, 7) is 7.73. The monoisotopic (exact) mass is 427 g/mol. The van der Waals surface area contributed by atoms with E-state index < -0.39 is 0 Å². The van der Waals surface area contributed by atoms with Crippen molar-refractivity contribution in [3.8, 4) is 11.5 Å². The van der Waals surface area contributed by atoms with E-state index in [-0.39, 0.29) is 12.1 Å². The Kier molecular flexibility index (Phi) is 9.48. The smallest absolute Gasteiger partial charge is 0.319 e. The standard InChI is InChI=1S/C23H33N5O3/c1-6-24-22(26-15-18-9-12-20(30-4)21(13-18)31-5)25-14-17-7-10-19(11-8-17)28-23(29)27-16(2)3/h7-13,16H,6,14-15H2,1-5H3,(H2,24,25,26)(H2,27,28,29). The van der Waals surface area contributed by atoms with Gasteiger partial charge in [-0.1, -0.05) is 18.2 Å². The molecule has 4 N–H and O–H groups in total. The number of nitrogens with one attached hydrogen (secondary N) is 4. The van der Waals surface area contributed by atoms with Gasteiger partial charge in [-0.2, -0.15) is 0 Å². The molecule has 0 spiro atoms. The Balaban J connectivity index is 1.95. The molecule has 0 aromatic heterocycles. The molecule has 0 aliphatic rings. The average molecular weight is 428 g/mol. The van der Waals surface area contributed by atoms with Gasteiger partial charge in [0.15, 0.2) is 17.5 Å². The second-order valence-electron chi connectivity index (χ2n) is 7.19. The lowest BCUT2D eigenvalue weighted by Gasteiger charge is -2.13. The molecule has 2 rings (SSSR count). The number of guanidine groups is 1. The lowest BCUT2D eigenvalue weighted by atomic mass is 10.2. The van der Waals surface area contributed by atoms with E-state index in [4.69, 9.17) is 9.47 Å². The first-order valence-electron chi connectivity index (χ1n) is 10.3. The summed E-state index contributed by atoms with van der Waals surface area (Å²) in [6.07, 6.45) is 0. The van der Waals surface area contributed by atoms with E-state index in [0.717, 1.165) is 29.3 Å². The number of rotatable bonds is 9. The van der Waals surface area contributed by atoms with E-state index in [2.05, 4.69) is 26.3 Å². The highest BCUT2D eigenvalue weighted by Gasteiger charge is 2.06. The van der Waals surface area contributed by atoms with Crippen LogP contribution in [0.4, 0.5) is 10.5 Å². The van der Waals surface area contributed by atoms with Crippen LogP contribution in [0.25, 0.3) is 0 Å². The zero-order valence-corrected chi connectivity index (χ0v) is 18.9. The Bertz CT molecular complexity index is 866. The molecule has 2 amide bonds. The van der Waals surface area contributed by atoms with E-state index in [9.17, 15) is 4.79 Å². The predicted molar refractivity (Wildman–Crippen MR) is 125 cm³/mol. The highest BCUT2D eigenvalue weighted by molar-refractivity contribution is 5.89. The molecule has 0 atom stereocenters. The summed E-state index contributed by atoms with van der Waals surface area (Å²) in [5.74, 6) is 2.10. The molecule has 0 unspecified atom stereocenters. The lowest BCUT2D eigenvalue weighted by Crippen LogP contribution is -2.36. The first kappa shape index (κ1) is 23.9. The number of hydrogen-bond acceptors (Lipinski definition) is 4. The number of benzene rings is 2. The fourth-order valence-corrected chi connectivity index (χ4v) is 2.81. The number of anilines is 1. The second kappa shape index (κ2) is 12.3. The van der Waals surface area contributed by atoms with Crippen LogP contribution in [0.15, 0.2) is 47.5 Å². The Labute approximate surface area is 184 Å². The number of carbonyl (C=O) groups is 1. The van der Waals surface area contributed by atoms with Gasteiger partial charge in [0.2, 0.25) is 0 Å². The van der Waals surface area contributed by atoms with Gasteiger partial charge in [0.05, 0.1) is 20.8 Å². The van der Waals surface area contributed by atoms with Crippen molar-refractivity contribution in [3.05, 3.63) is 53.6 Å². The quantitative estimate of drug-likeness (QED) is 0.363. The fourth-order valence-electron chi connectivity index (χ4n) is 2.81. The predicted octanol–water partition coefficient (Wildman–Crippen LogP) is 3.49. The van der Waals surface area contributed by atoms with Crippen LogP contribution in [0.2, 0.25) is 0 Å². The molecule has 2 aromatic rings. The van der Waals surface area contributed by atoms with E-state index >= 15 is 0 Å². The first-order valence-corrected chi connectivity index (χ1v) is 10.3. The second-order valence-corrected chi connectivity index (χ2v) is 7.19. The Hall–Kier alpha value is -3.42. The maximum absolute atomic E-state index is 11.8. The van der Waals surface area contributed by atoms with Gasteiger partial charge in [0.1, 0.15) is 0 Å². The van der Waals surface area contributed by atoms with Crippen LogP contribution < -0.4 is 30.7 Å². The number of hydrogen-bond donors (Lipinski definition) is 4. The molecule has 0 fully saturated rings. The molecule has 8 heteroatoms. The zero-order valence-electron chi connectivity index (χ0n) is 18.9. The summed E-state index contributed by atoms with van der Waals surface area (Å²) in [7, 11) is 3.24. The summed E-state index contributed by atoms with van der Waals surface area (Å²) in [4.78, 5) is 16.4. The minimum atomic E-state index is -0.211. The molecule has 0 aliphatic heterocycles. The van der Waals surface area contributed by atoms with E-state index in [1.165, 1.54) is 0 Å². The van der Waals surface area contributed by atoms with Crippen LogP contribution in [-0.2, 0) is 13.1 Å². The van der Waals surface area contributed by atoms with Crippen LogP contribution in [0.3, 0.4) is 0 Å². The number of carbonyl (C=O) groups excluding carboxylic acids is 1. The normalized spacial score (nSPS) is 11.1. The van der Waals surface area contributed by atoms with Crippen molar-refractivity contribution in [1.82, 2.24) is 16.0 Å². The number of urea groups is 1. The van der Waals surface area contributed by atoms with Crippen molar-refractivity contribution in [2.24, 2.45) is 4.99 Å². The molecule has 0 saturated heterocycles. The van der Waals surface area contributed by atoms with Crippen LogP contribution in [0.5, 0.6) is 11.5 Å². The third kappa shape index (κ3) is 8.08. The van der Waals surface area contributed by atoms with Gasteiger partial charge in [0.25, 0.3) is 0 Å². The van der Waals surface area contributed by atoms with Gasteiger partial charge in [-0.3, -0.25) is 0 Å². The third-order valence-corrected chi connectivity index (χ3v) is 4.30. The molecule has 0 radical (unpaired) electrons. The maximum Gasteiger partial charge on any atom is 0.319 e. The summed E-state index contributed by atoms with van der Waals surface area (Å²) in [6, 6.07) is 13.3. The largest absolute Gasteiger partial charge is 0.493 e. The average Bonchev–Trinajstić information content (AvgIpc) is 2.75. The molecule has 0 saturated carbocycles. The number of amides is 2. The number of nitrogens with zero attached hydrogens (tertiary/aromatic N) is 1. The van der Waals surface area contributed by atoms with Crippen LogP contribution >= 0.6 is 0 Å². The van der Waals surface area contributed by atoms with Crippen LogP contribution in [0.1, 0.15) is 31.9 Å². The van der Waals surface area contributed by atoms with Crippen molar-refractivity contribution in [3.63, 3.8) is 0 Å². The number of ether oxygens (including phenoxy) is 2. The Morgan fingerprint density at radius 2 is 1.65 bits per heavy atom. The van der Waals surface area contributed by atoms with Gasteiger partial charge in [0, 0.05) is 24.8 Å². The van der Waals surface area contributed by atoms with Crippen molar-refractivity contribution >= 4 is 17.7 Å². The minimum Gasteiger partial charge on any atom is -0.493 e. The molecule has 8 nitrogen and oxygen atoms in total. The van der Waals surface area contributed by atoms with Gasteiger partial charge < -0.3 is 30.7 Å². The van der Waals surface area contributed by atoms with Crippen molar-refractivity contribution in [2.45, 2.75) is 39.9 Å². The Morgan fingerprint density at radius 1 is 0.968 bits per heavy atom. The van der Waals surface area contributed by atoms with Gasteiger partial charge in [-0.25, -0.2) is 9.79 Å². The van der Waals surface area contributed by atoms with E-state index in [1.807, 2.05) is 63.2 Å². The minimum absolute atomic E-state index is 0.0891. The highest BCUT2D eigenvalue weighted by Crippen LogP contribution is 2.27. The Morgan fingerprint density at radius 3 is 2.26 bits per heavy atom. The fraction of sp³-hybridized carbons (Fsp3) is 0.391. The molecular formula is C23H33N5O3. The molecule has 0 aliphatic carbocycles. The summed E-state index contributed by atoms with van der Waals surface area (Å²) in [5, 5.41) is 12.2. The molecule has 31 heavy (non-hydrogen) atoms. The number of aliphatic imine (C=N–C) groups is 1. The van der Waals surface area contributed by atoms with E-state index in [0.29, 0.717) is 24.6 Å². The van der Waals surface area contributed by atoms with Crippen LogP contribution in [-0.4, -0.2) is 38.8 Å². The molecule has 168 valence electrons. The van der Waals surface area contributed by atoms with Gasteiger partial charge in [-0.15, -0.1) is 0 Å². The maximum atomic E-state index is 11.8. The van der Waals surface area contributed by atoms with Crippen molar-refractivity contribution in [2.75, 3.05) is 26.1 Å². The van der Waals surface area contributed by atoms with Crippen LogP contribution in [0, 0.1) is 0 Å². The van der Waals surface area contributed by atoms with Gasteiger partial charge >= 0.3 is 6.03 Å². The number of methoxy groups -OCH3 is 2. The topological polar surface area (TPSA) is 96.0 Å². The molecular weight excluding hydrogens is 394 g/mol. The lowest BCUT2D eigenvalue weighted by molar-refractivity contribution is 0.250. The molecule has 0 bridgehead atoms. The summed E-state index contributed by atoms with van der Waals surface area (Å²) < 4.78 is 10.6. The van der Waals surface area contributed by atoms with Gasteiger partial charge in [-0.05, 0) is 56.2 Å². The summed E-state index contributed by atoms with van der Waals surface area (Å²) >= 11 is 0. The summed E-state index contributed by atoms with van der Waals surface area (Å²) in [5.41, 5.74) is 2.84. The zero-order chi connectivity index (χ0) is 22.6. The SMILES string of the molecule is CCNC(=NCc1ccc(OC)c(OC)c1)NCc1ccc(NC(=O)NC(C)C)cc1. The molecule has 0 heterocycles. The highest BCUT2D eigenvalue weighted by atomic mass is 16.5. The van der Waals surface area contributed by atoms with Crippen molar-refractivity contribution < 1.29 is 14.3 Å². The first-order chi connectivity index (χ1) is 14.9. The third-order valence-electron chi connectivity index (χ3n) is 4.30.